The van der Waals surface area contributed by atoms with Gasteiger partial charge in [0.2, 0.25) is 0 Å². The van der Waals surface area contributed by atoms with Crippen LogP contribution in [0.2, 0.25) is 0 Å². The molecule has 2 aliphatic rings. The zero-order valence-corrected chi connectivity index (χ0v) is 12.3. The fraction of sp³-hybridized carbons (Fsp3) is 0.562. The molecule has 0 atom stereocenters. The van der Waals surface area contributed by atoms with Gasteiger partial charge in [0.05, 0.1) is 26.2 Å². The molecule has 1 fully saturated rings. The average Bonchev–Trinajstić information content (AvgIpc) is 2.55. The molecule has 0 saturated carbocycles. The maximum absolute atomic E-state index is 12.2. The van der Waals surface area contributed by atoms with Gasteiger partial charge >= 0.3 is 0 Å². The van der Waals surface area contributed by atoms with E-state index in [1.54, 1.807) is 23.1 Å². The lowest BCUT2D eigenvalue weighted by Gasteiger charge is -2.23. The molecule has 1 amide bonds. The summed E-state index contributed by atoms with van der Waals surface area (Å²) in [4.78, 5) is 13.8. The lowest BCUT2D eigenvalue weighted by atomic mass is 10.1. The van der Waals surface area contributed by atoms with Crippen molar-refractivity contribution in [2.45, 2.75) is 19.3 Å². The molecule has 5 nitrogen and oxygen atoms in total. The molecule has 0 bridgehead atoms. The lowest BCUT2D eigenvalue weighted by molar-refractivity contribution is -0.903. The van der Waals surface area contributed by atoms with Crippen molar-refractivity contribution in [3.63, 3.8) is 0 Å². The molecule has 2 heterocycles. The second-order valence-corrected chi connectivity index (χ2v) is 5.67. The van der Waals surface area contributed by atoms with E-state index >= 15 is 0 Å². The molecule has 114 valence electrons. The van der Waals surface area contributed by atoms with E-state index in [2.05, 4.69) is 5.32 Å². The average molecular weight is 291 g/mol. The number of carbonyl (C=O) groups is 1. The number of nitrogens with one attached hydrogen (secondary N) is 2. The van der Waals surface area contributed by atoms with E-state index in [4.69, 9.17) is 9.47 Å². The van der Waals surface area contributed by atoms with Crippen LogP contribution in [0.25, 0.3) is 0 Å². The summed E-state index contributed by atoms with van der Waals surface area (Å²) < 4.78 is 11.0. The van der Waals surface area contributed by atoms with Crippen LogP contribution in [0.5, 0.6) is 11.5 Å². The maximum Gasteiger partial charge on any atom is 0.251 e. The first-order valence-corrected chi connectivity index (χ1v) is 7.84. The smallest absolute Gasteiger partial charge is 0.251 e. The summed E-state index contributed by atoms with van der Waals surface area (Å²) >= 11 is 0. The van der Waals surface area contributed by atoms with Gasteiger partial charge < -0.3 is 19.7 Å². The summed E-state index contributed by atoms with van der Waals surface area (Å²) in [6.07, 6.45) is 3.98. The first kappa shape index (κ1) is 14.2. The Morgan fingerprint density at radius 1 is 1.10 bits per heavy atom. The molecule has 1 aromatic carbocycles. The predicted octanol–water partition coefficient (Wildman–Crippen LogP) is 0.256. The van der Waals surface area contributed by atoms with Crippen molar-refractivity contribution in [1.29, 1.82) is 0 Å². The molecule has 21 heavy (non-hydrogen) atoms. The Balaban J connectivity index is 1.50. The summed E-state index contributed by atoms with van der Waals surface area (Å²) in [5.41, 5.74) is 0.632. The number of benzene rings is 1. The van der Waals surface area contributed by atoms with Crippen LogP contribution in [0.4, 0.5) is 0 Å². The number of hydrogen-bond donors (Lipinski definition) is 2. The topological polar surface area (TPSA) is 52.0 Å². The Hall–Kier alpha value is -1.75. The van der Waals surface area contributed by atoms with Crippen molar-refractivity contribution in [2.24, 2.45) is 0 Å². The molecule has 0 radical (unpaired) electrons. The first-order valence-electron chi connectivity index (χ1n) is 7.84. The zero-order valence-electron chi connectivity index (χ0n) is 12.3. The molecule has 5 heteroatoms. The number of piperidine rings is 1. The molecule has 0 aliphatic carbocycles. The van der Waals surface area contributed by atoms with E-state index in [1.165, 1.54) is 32.4 Å². The van der Waals surface area contributed by atoms with Gasteiger partial charge in [-0.1, -0.05) is 0 Å². The van der Waals surface area contributed by atoms with E-state index in [9.17, 15) is 4.79 Å². The van der Waals surface area contributed by atoms with Crippen LogP contribution < -0.4 is 19.7 Å². The second-order valence-electron chi connectivity index (χ2n) is 5.67. The van der Waals surface area contributed by atoms with Gasteiger partial charge in [-0.15, -0.1) is 0 Å². The van der Waals surface area contributed by atoms with E-state index < -0.39 is 0 Å². The zero-order chi connectivity index (χ0) is 14.5. The Labute approximate surface area is 125 Å². The van der Waals surface area contributed by atoms with E-state index in [-0.39, 0.29) is 5.91 Å². The summed E-state index contributed by atoms with van der Waals surface area (Å²) in [6, 6.07) is 5.35. The highest BCUT2D eigenvalue weighted by molar-refractivity contribution is 5.94. The van der Waals surface area contributed by atoms with Crippen molar-refractivity contribution in [3.8, 4) is 11.5 Å². The van der Waals surface area contributed by atoms with Gasteiger partial charge in [0.1, 0.15) is 13.2 Å². The highest BCUT2D eigenvalue weighted by atomic mass is 16.6. The fourth-order valence-corrected chi connectivity index (χ4v) is 2.94. The van der Waals surface area contributed by atoms with Crippen molar-refractivity contribution in [1.82, 2.24) is 5.32 Å². The van der Waals surface area contributed by atoms with Gasteiger partial charge in [-0.05, 0) is 37.5 Å². The quantitative estimate of drug-likeness (QED) is 0.836. The lowest BCUT2D eigenvalue weighted by Crippen LogP contribution is -3.13. The molecule has 2 aliphatic heterocycles. The van der Waals surface area contributed by atoms with Gasteiger partial charge in [-0.2, -0.15) is 0 Å². The van der Waals surface area contributed by atoms with Crippen molar-refractivity contribution < 1.29 is 19.2 Å². The third-order valence-corrected chi connectivity index (χ3v) is 4.13. The third-order valence-electron chi connectivity index (χ3n) is 4.13. The van der Waals surface area contributed by atoms with Crippen LogP contribution in [0.1, 0.15) is 29.6 Å². The van der Waals surface area contributed by atoms with Crippen LogP contribution in [-0.4, -0.2) is 45.3 Å². The molecule has 0 aromatic heterocycles. The minimum atomic E-state index is -0.0385. The minimum absolute atomic E-state index is 0.0385. The highest BCUT2D eigenvalue weighted by Crippen LogP contribution is 2.30. The van der Waals surface area contributed by atoms with Gasteiger partial charge in [0.25, 0.3) is 5.91 Å². The largest absolute Gasteiger partial charge is 0.486 e. The van der Waals surface area contributed by atoms with E-state index in [0.717, 1.165) is 18.8 Å². The van der Waals surface area contributed by atoms with Crippen LogP contribution >= 0.6 is 0 Å². The second kappa shape index (κ2) is 6.80. The highest BCUT2D eigenvalue weighted by Gasteiger charge is 2.16. The normalized spacial score (nSPS) is 18.3. The molecule has 3 rings (SSSR count). The summed E-state index contributed by atoms with van der Waals surface area (Å²) in [7, 11) is 0. The molecule has 1 aromatic rings. The summed E-state index contributed by atoms with van der Waals surface area (Å²) in [5, 5.41) is 3.00. The van der Waals surface area contributed by atoms with Crippen molar-refractivity contribution >= 4 is 5.91 Å². The van der Waals surface area contributed by atoms with Gasteiger partial charge in [0, 0.05) is 5.56 Å². The molecule has 0 unspecified atom stereocenters. The number of likely N-dealkylation sites (tertiary alicyclic amines) is 1. The number of ether oxygens (including phenoxy) is 2. The van der Waals surface area contributed by atoms with Crippen LogP contribution in [-0.2, 0) is 0 Å². The van der Waals surface area contributed by atoms with Crippen LogP contribution in [0, 0.1) is 0 Å². The third kappa shape index (κ3) is 3.67. The number of amides is 1. The van der Waals surface area contributed by atoms with Gasteiger partial charge in [-0.25, -0.2) is 0 Å². The molecular formula is C16H23N2O3+. The van der Waals surface area contributed by atoms with Crippen molar-refractivity contribution in [3.05, 3.63) is 23.8 Å². The molecular weight excluding hydrogens is 268 g/mol. The predicted molar refractivity (Wildman–Crippen MR) is 79.2 cm³/mol. The SMILES string of the molecule is O=C(NCC[NH+]1CCCCC1)c1ccc2c(c1)OCCO2. The number of quaternary nitrogens is 1. The van der Waals surface area contributed by atoms with Gasteiger partial charge in [0.15, 0.2) is 11.5 Å². The number of hydrogen-bond acceptors (Lipinski definition) is 3. The van der Waals surface area contributed by atoms with Crippen LogP contribution in [0.15, 0.2) is 18.2 Å². The summed E-state index contributed by atoms with van der Waals surface area (Å²) in [6.45, 7) is 5.31. The number of rotatable bonds is 4. The van der Waals surface area contributed by atoms with Crippen molar-refractivity contribution in [2.75, 3.05) is 39.4 Å². The molecule has 0 spiro atoms. The molecule has 2 N–H and O–H groups in total. The van der Waals surface area contributed by atoms with Crippen LogP contribution in [0.3, 0.4) is 0 Å². The van der Waals surface area contributed by atoms with Gasteiger partial charge in [-0.3, -0.25) is 4.79 Å². The monoisotopic (exact) mass is 291 g/mol. The Morgan fingerprint density at radius 2 is 1.86 bits per heavy atom. The fourth-order valence-electron chi connectivity index (χ4n) is 2.94. The Kier molecular flexibility index (Phi) is 4.60. The maximum atomic E-state index is 12.2. The summed E-state index contributed by atoms with van der Waals surface area (Å²) in [5.74, 6) is 1.34. The van der Waals surface area contributed by atoms with E-state index in [1.807, 2.05) is 0 Å². The van der Waals surface area contributed by atoms with E-state index in [0.29, 0.717) is 24.5 Å². The Bertz CT molecular complexity index is 498. The first-order chi connectivity index (χ1) is 10.3. The number of carbonyl (C=O) groups excluding carboxylic acids is 1. The Morgan fingerprint density at radius 3 is 2.67 bits per heavy atom. The standard InChI is InChI=1S/C16H22N2O3/c19-16(17-6-9-18-7-2-1-3-8-18)13-4-5-14-15(12-13)21-11-10-20-14/h4-5,12H,1-3,6-11H2,(H,17,19)/p+1. The minimum Gasteiger partial charge on any atom is -0.486 e. The number of fused-ring (bicyclic) bond motifs is 1. The molecule has 1 saturated heterocycles.